The first-order chi connectivity index (χ1) is 15.3. The largest absolute Gasteiger partial charge is 0.305 e. The molecule has 10 heteroatoms. The van der Waals surface area contributed by atoms with E-state index < -0.39 is 16.9 Å². The zero-order valence-corrected chi connectivity index (χ0v) is 19.1. The summed E-state index contributed by atoms with van der Waals surface area (Å²) in [6.45, 7) is 3.78. The summed E-state index contributed by atoms with van der Waals surface area (Å²) in [5.41, 5.74) is 2.97. The Hall–Kier alpha value is -3.11. The predicted molar refractivity (Wildman–Crippen MR) is 123 cm³/mol. The minimum Gasteiger partial charge on any atom is -0.305 e. The third-order valence-electron chi connectivity index (χ3n) is 4.82. The van der Waals surface area contributed by atoms with E-state index in [0.717, 1.165) is 29.1 Å². The second kappa shape index (κ2) is 9.17. The van der Waals surface area contributed by atoms with Gasteiger partial charge >= 0.3 is 0 Å². The number of benzene rings is 2. The van der Waals surface area contributed by atoms with Gasteiger partial charge in [-0.1, -0.05) is 36.0 Å². The van der Waals surface area contributed by atoms with Crippen molar-refractivity contribution in [2.45, 2.75) is 24.3 Å². The number of carbonyl (C=O) groups is 1. The van der Waals surface area contributed by atoms with E-state index in [-0.39, 0.29) is 5.91 Å². The van der Waals surface area contributed by atoms with Gasteiger partial charge in [0.05, 0.1) is 10.9 Å². The van der Waals surface area contributed by atoms with Crippen LogP contribution in [0.3, 0.4) is 0 Å². The molecule has 1 N–H and O–H groups in total. The van der Waals surface area contributed by atoms with Gasteiger partial charge in [0, 0.05) is 23.6 Å². The van der Waals surface area contributed by atoms with Gasteiger partial charge in [0.2, 0.25) is 5.91 Å². The van der Waals surface area contributed by atoms with Crippen molar-refractivity contribution in [1.82, 2.24) is 19.7 Å². The minimum atomic E-state index is -0.945. The summed E-state index contributed by atoms with van der Waals surface area (Å²) in [6.07, 6.45) is 0. The average molecular weight is 472 g/mol. The highest BCUT2D eigenvalue weighted by Crippen LogP contribution is 2.29. The van der Waals surface area contributed by atoms with Gasteiger partial charge < -0.3 is 9.88 Å². The van der Waals surface area contributed by atoms with Crippen LogP contribution in [0, 0.1) is 18.6 Å². The molecule has 0 aliphatic rings. The highest BCUT2D eigenvalue weighted by molar-refractivity contribution is 8.00. The molecule has 1 unspecified atom stereocenters. The molecule has 4 aromatic rings. The summed E-state index contributed by atoms with van der Waals surface area (Å²) in [5, 5.41) is 13.5. The molecule has 0 aliphatic heterocycles. The number of rotatable bonds is 6. The van der Waals surface area contributed by atoms with Crippen molar-refractivity contribution in [1.29, 1.82) is 0 Å². The molecular weight excluding hydrogens is 452 g/mol. The molecule has 164 valence electrons. The molecule has 0 fully saturated rings. The van der Waals surface area contributed by atoms with Gasteiger partial charge in [-0.25, -0.2) is 13.8 Å². The van der Waals surface area contributed by atoms with E-state index in [2.05, 4.69) is 20.5 Å². The molecule has 1 amide bonds. The monoisotopic (exact) mass is 471 g/mol. The fourth-order valence-electron chi connectivity index (χ4n) is 3.01. The summed E-state index contributed by atoms with van der Waals surface area (Å²) in [5.74, 6) is -1.38. The Bertz CT molecular complexity index is 1290. The molecule has 0 bridgehead atoms. The maximum absolute atomic E-state index is 13.5. The molecule has 2 heterocycles. The summed E-state index contributed by atoms with van der Waals surface area (Å²) in [7, 11) is 1.86. The van der Waals surface area contributed by atoms with Crippen LogP contribution in [0.4, 0.5) is 13.9 Å². The van der Waals surface area contributed by atoms with Crippen molar-refractivity contribution in [2.75, 3.05) is 5.32 Å². The molecule has 1 atom stereocenters. The van der Waals surface area contributed by atoms with E-state index in [4.69, 9.17) is 0 Å². The predicted octanol–water partition coefficient (Wildman–Crippen LogP) is 5.31. The lowest BCUT2D eigenvalue weighted by Crippen LogP contribution is -2.22. The van der Waals surface area contributed by atoms with Gasteiger partial charge in [-0.15, -0.1) is 21.5 Å². The minimum absolute atomic E-state index is 0.248. The molecule has 0 aliphatic carbocycles. The molecule has 4 rings (SSSR count). The summed E-state index contributed by atoms with van der Waals surface area (Å²) < 4.78 is 28.5. The first-order valence-electron chi connectivity index (χ1n) is 9.67. The molecule has 0 saturated carbocycles. The van der Waals surface area contributed by atoms with Crippen molar-refractivity contribution in [3.63, 3.8) is 0 Å². The number of carbonyl (C=O) groups excluding carboxylic acids is 1. The Morgan fingerprint density at radius 2 is 1.94 bits per heavy atom. The van der Waals surface area contributed by atoms with Crippen LogP contribution in [0.2, 0.25) is 0 Å². The lowest BCUT2D eigenvalue weighted by atomic mass is 10.1. The molecule has 6 nitrogen and oxygen atoms in total. The number of nitrogens with one attached hydrogen (secondary N) is 1. The lowest BCUT2D eigenvalue weighted by Gasteiger charge is -2.10. The SMILES string of the molecule is Cc1ccccc1-c1nnc(SC(C)C(=O)Nc2nc(-c3ccc(F)c(F)c3)cs2)n1C. The van der Waals surface area contributed by atoms with Crippen LogP contribution in [0.1, 0.15) is 12.5 Å². The van der Waals surface area contributed by atoms with Gasteiger partial charge in [0.15, 0.2) is 27.7 Å². The molecular formula is C22H19F2N5OS2. The first kappa shape index (κ1) is 22.1. The third-order valence-corrected chi connectivity index (χ3v) is 6.71. The quantitative estimate of drug-likeness (QED) is 0.386. The zero-order valence-electron chi connectivity index (χ0n) is 17.5. The van der Waals surface area contributed by atoms with Gasteiger partial charge in [-0.3, -0.25) is 4.79 Å². The molecule has 0 spiro atoms. The average Bonchev–Trinajstić information content (AvgIpc) is 3.37. The van der Waals surface area contributed by atoms with Gasteiger partial charge in [0.25, 0.3) is 0 Å². The van der Waals surface area contributed by atoms with Gasteiger partial charge in [0.1, 0.15) is 0 Å². The van der Waals surface area contributed by atoms with E-state index in [1.165, 1.54) is 29.2 Å². The Morgan fingerprint density at radius 3 is 2.69 bits per heavy atom. The standard InChI is InChI=1S/C22H19F2N5OS2/c1-12-6-4-5-7-15(12)19-27-28-22(29(19)3)32-13(2)20(30)26-21-25-18(11-31-21)14-8-9-16(23)17(24)10-14/h4-11,13H,1-3H3,(H,25,26,30). The van der Waals surface area contributed by atoms with Crippen molar-refractivity contribution < 1.29 is 13.6 Å². The van der Waals surface area contributed by atoms with E-state index >= 15 is 0 Å². The highest BCUT2D eigenvalue weighted by Gasteiger charge is 2.21. The molecule has 2 aromatic carbocycles. The number of aryl methyl sites for hydroxylation is 1. The van der Waals surface area contributed by atoms with Crippen LogP contribution in [0.25, 0.3) is 22.6 Å². The summed E-state index contributed by atoms with van der Waals surface area (Å²) in [6, 6.07) is 11.5. The summed E-state index contributed by atoms with van der Waals surface area (Å²) in [4.78, 5) is 17.0. The van der Waals surface area contributed by atoms with Crippen molar-refractivity contribution >= 4 is 34.1 Å². The number of nitrogens with zero attached hydrogens (tertiary/aromatic N) is 4. The second-order valence-corrected chi connectivity index (χ2v) is 9.26. The van der Waals surface area contributed by atoms with E-state index in [1.807, 2.05) is 42.8 Å². The Kier molecular flexibility index (Phi) is 6.33. The number of thioether (sulfide) groups is 1. The number of hydrogen-bond acceptors (Lipinski definition) is 6. The van der Waals surface area contributed by atoms with Crippen LogP contribution < -0.4 is 5.32 Å². The Labute approximate surface area is 191 Å². The number of amides is 1. The Morgan fingerprint density at radius 1 is 1.16 bits per heavy atom. The molecule has 32 heavy (non-hydrogen) atoms. The van der Waals surface area contributed by atoms with Crippen LogP contribution in [0.15, 0.2) is 53.0 Å². The topological polar surface area (TPSA) is 72.7 Å². The van der Waals surface area contributed by atoms with Crippen molar-refractivity contribution in [3.8, 4) is 22.6 Å². The fraction of sp³-hybridized carbons (Fsp3) is 0.182. The highest BCUT2D eigenvalue weighted by atomic mass is 32.2. The molecule has 0 saturated heterocycles. The zero-order chi connectivity index (χ0) is 22.8. The van der Waals surface area contributed by atoms with Gasteiger partial charge in [-0.2, -0.15) is 0 Å². The first-order valence-corrected chi connectivity index (χ1v) is 11.4. The van der Waals surface area contributed by atoms with E-state index in [1.54, 1.807) is 12.3 Å². The second-order valence-electron chi connectivity index (χ2n) is 7.10. The Balaban J connectivity index is 1.44. The third kappa shape index (κ3) is 4.56. The van der Waals surface area contributed by atoms with Crippen molar-refractivity contribution in [2.24, 2.45) is 7.05 Å². The number of thiazole rings is 1. The smallest absolute Gasteiger partial charge is 0.239 e. The van der Waals surface area contributed by atoms with Crippen LogP contribution in [0.5, 0.6) is 0 Å². The number of aromatic nitrogens is 4. The molecule has 2 aromatic heterocycles. The number of anilines is 1. The van der Waals surface area contributed by atoms with E-state index in [0.29, 0.717) is 21.5 Å². The lowest BCUT2D eigenvalue weighted by molar-refractivity contribution is -0.115. The van der Waals surface area contributed by atoms with Crippen LogP contribution in [-0.4, -0.2) is 30.9 Å². The van der Waals surface area contributed by atoms with Crippen LogP contribution >= 0.6 is 23.1 Å². The van der Waals surface area contributed by atoms with E-state index in [9.17, 15) is 13.6 Å². The van der Waals surface area contributed by atoms with Gasteiger partial charge in [-0.05, 0) is 37.6 Å². The van der Waals surface area contributed by atoms with Crippen LogP contribution in [-0.2, 0) is 11.8 Å². The number of halogens is 2. The number of hydrogen-bond donors (Lipinski definition) is 1. The summed E-state index contributed by atoms with van der Waals surface area (Å²) >= 11 is 2.50. The fourth-order valence-corrected chi connectivity index (χ4v) is 4.55. The normalized spacial score (nSPS) is 12.0. The van der Waals surface area contributed by atoms with Crippen molar-refractivity contribution in [3.05, 3.63) is 65.0 Å². The maximum atomic E-state index is 13.5. The molecule has 0 radical (unpaired) electrons. The maximum Gasteiger partial charge on any atom is 0.239 e.